The fourth-order valence-electron chi connectivity index (χ4n) is 1.84. The predicted molar refractivity (Wildman–Crippen MR) is 86.2 cm³/mol. The highest BCUT2D eigenvalue weighted by Gasteiger charge is 2.10. The van der Waals surface area contributed by atoms with Crippen LogP contribution in [0.15, 0.2) is 30.3 Å². The highest BCUT2D eigenvalue weighted by atomic mass is 35.5. The van der Waals surface area contributed by atoms with Crippen molar-refractivity contribution in [2.24, 2.45) is 0 Å². The lowest BCUT2D eigenvalue weighted by Gasteiger charge is -2.14. The smallest absolute Gasteiger partial charge is 0.151 e. The zero-order valence-electron chi connectivity index (χ0n) is 11.7. The van der Waals surface area contributed by atoms with E-state index in [1.54, 1.807) is 12.1 Å². The second-order valence-corrected chi connectivity index (χ2v) is 5.90. The molecule has 0 heterocycles. The van der Waals surface area contributed by atoms with Crippen LogP contribution in [0, 0.1) is 6.92 Å². The minimum Gasteiger partial charge on any atom is -0.455 e. The summed E-state index contributed by atoms with van der Waals surface area (Å²) >= 11 is 11.9. The van der Waals surface area contributed by atoms with Crippen molar-refractivity contribution in [1.29, 1.82) is 0 Å². The first kappa shape index (κ1) is 15.0. The van der Waals surface area contributed by atoms with Crippen LogP contribution in [0.1, 0.15) is 30.9 Å². The molecule has 0 fully saturated rings. The molecule has 106 valence electrons. The van der Waals surface area contributed by atoms with Crippen LogP contribution in [0.4, 0.5) is 5.69 Å². The topological polar surface area (TPSA) is 35.2 Å². The van der Waals surface area contributed by atoms with Crippen molar-refractivity contribution < 1.29 is 4.74 Å². The molecule has 2 aromatic rings. The molecule has 0 spiro atoms. The Kier molecular flexibility index (Phi) is 4.46. The average Bonchev–Trinajstić information content (AvgIpc) is 2.38. The quantitative estimate of drug-likeness (QED) is 0.727. The lowest BCUT2D eigenvalue weighted by molar-refractivity contribution is 0.480. The summed E-state index contributed by atoms with van der Waals surface area (Å²) < 4.78 is 5.90. The van der Waals surface area contributed by atoms with Crippen LogP contribution < -0.4 is 10.5 Å². The van der Waals surface area contributed by atoms with Gasteiger partial charge in [0.15, 0.2) is 5.75 Å². The van der Waals surface area contributed by atoms with Gasteiger partial charge in [-0.1, -0.05) is 49.2 Å². The van der Waals surface area contributed by atoms with Gasteiger partial charge in [-0.25, -0.2) is 0 Å². The van der Waals surface area contributed by atoms with Gasteiger partial charge < -0.3 is 10.5 Å². The van der Waals surface area contributed by atoms with Crippen molar-refractivity contribution in [3.8, 4) is 11.5 Å². The van der Waals surface area contributed by atoms with Gasteiger partial charge in [-0.2, -0.15) is 0 Å². The van der Waals surface area contributed by atoms with Crippen LogP contribution in [-0.2, 0) is 0 Å². The molecule has 0 aliphatic carbocycles. The number of nitrogen functional groups attached to an aromatic ring is 1. The Bertz CT molecular complexity index is 639. The molecule has 0 amide bonds. The van der Waals surface area contributed by atoms with Gasteiger partial charge in [0.2, 0.25) is 0 Å². The van der Waals surface area contributed by atoms with Crippen LogP contribution in [0.5, 0.6) is 11.5 Å². The number of ether oxygens (including phenoxy) is 1. The molecule has 0 saturated carbocycles. The SMILES string of the molecule is Cc1ccc(C(C)C)cc1Oc1cc(Cl)c(Cl)cc1N. The van der Waals surface area contributed by atoms with Crippen molar-refractivity contribution >= 4 is 28.9 Å². The van der Waals surface area contributed by atoms with Crippen LogP contribution in [0.2, 0.25) is 10.0 Å². The largest absolute Gasteiger partial charge is 0.455 e. The minimum atomic E-state index is 0.421. The molecule has 2 nitrogen and oxygen atoms in total. The normalized spacial score (nSPS) is 10.9. The average molecular weight is 310 g/mol. The minimum absolute atomic E-state index is 0.421. The van der Waals surface area contributed by atoms with E-state index >= 15 is 0 Å². The van der Waals surface area contributed by atoms with E-state index < -0.39 is 0 Å². The van der Waals surface area contributed by atoms with Gasteiger partial charge in [-0.05, 0) is 36.1 Å². The lowest BCUT2D eigenvalue weighted by Crippen LogP contribution is -1.96. The maximum absolute atomic E-state index is 6.01. The molecule has 20 heavy (non-hydrogen) atoms. The third-order valence-electron chi connectivity index (χ3n) is 3.15. The Morgan fingerprint density at radius 3 is 2.30 bits per heavy atom. The van der Waals surface area contributed by atoms with Gasteiger partial charge in [0, 0.05) is 6.07 Å². The van der Waals surface area contributed by atoms with Crippen molar-refractivity contribution in [3.05, 3.63) is 51.5 Å². The van der Waals surface area contributed by atoms with Crippen molar-refractivity contribution in [1.82, 2.24) is 0 Å². The van der Waals surface area contributed by atoms with Gasteiger partial charge in [-0.15, -0.1) is 0 Å². The van der Waals surface area contributed by atoms with Crippen LogP contribution in [-0.4, -0.2) is 0 Å². The Morgan fingerprint density at radius 1 is 1.00 bits per heavy atom. The summed E-state index contributed by atoms with van der Waals surface area (Å²) in [4.78, 5) is 0. The Morgan fingerprint density at radius 2 is 1.65 bits per heavy atom. The van der Waals surface area contributed by atoms with Gasteiger partial charge in [-0.3, -0.25) is 0 Å². The number of rotatable bonds is 3. The first-order valence-corrected chi connectivity index (χ1v) is 7.17. The summed E-state index contributed by atoms with van der Waals surface area (Å²) in [6.07, 6.45) is 0. The molecule has 0 unspecified atom stereocenters. The highest BCUT2D eigenvalue weighted by molar-refractivity contribution is 6.42. The standard InChI is InChI=1S/C16H17Cl2NO/c1-9(2)11-5-4-10(3)15(6-11)20-16-8-13(18)12(17)7-14(16)19/h4-9H,19H2,1-3H3. The monoisotopic (exact) mass is 309 g/mol. The summed E-state index contributed by atoms with van der Waals surface area (Å²) in [6, 6.07) is 9.41. The summed E-state index contributed by atoms with van der Waals surface area (Å²) in [7, 11) is 0. The third-order valence-corrected chi connectivity index (χ3v) is 3.87. The summed E-state index contributed by atoms with van der Waals surface area (Å²) in [6.45, 7) is 6.27. The molecular formula is C16H17Cl2NO. The van der Waals surface area contributed by atoms with E-state index in [9.17, 15) is 0 Å². The Labute approximate surface area is 129 Å². The molecule has 2 rings (SSSR count). The highest BCUT2D eigenvalue weighted by Crippen LogP contribution is 2.36. The second kappa shape index (κ2) is 5.94. The molecule has 2 N–H and O–H groups in total. The fourth-order valence-corrected chi connectivity index (χ4v) is 2.16. The fraction of sp³-hybridized carbons (Fsp3) is 0.250. The molecule has 0 saturated heterocycles. The summed E-state index contributed by atoms with van der Waals surface area (Å²) in [5, 5.41) is 0.845. The number of hydrogen-bond donors (Lipinski definition) is 1. The van der Waals surface area contributed by atoms with Crippen LogP contribution in [0.3, 0.4) is 0 Å². The maximum Gasteiger partial charge on any atom is 0.151 e. The van der Waals surface area contributed by atoms with E-state index in [2.05, 4.69) is 19.9 Å². The summed E-state index contributed by atoms with van der Waals surface area (Å²) in [5.41, 5.74) is 8.64. The van der Waals surface area contributed by atoms with Gasteiger partial charge in [0.05, 0.1) is 15.7 Å². The number of hydrogen-bond acceptors (Lipinski definition) is 2. The maximum atomic E-state index is 6.01. The van der Waals surface area contributed by atoms with E-state index in [0.717, 1.165) is 11.3 Å². The number of anilines is 1. The van der Waals surface area contributed by atoms with E-state index in [0.29, 0.717) is 27.4 Å². The van der Waals surface area contributed by atoms with E-state index in [1.807, 2.05) is 19.1 Å². The number of nitrogens with two attached hydrogens (primary N) is 1. The summed E-state index contributed by atoms with van der Waals surface area (Å²) in [5.74, 6) is 1.73. The van der Waals surface area contributed by atoms with Gasteiger partial charge in [0.25, 0.3) is 0 Å². The molecule has 2 aromatic carbocycles. The van der Waals surface area contributed by atoms with Crippen LogP contribution in [0.25, 0.3) is 0 Å². The zero-order valence-corrected chi connectivity index (χ0v) is 13.2. The van der Waals surface area contributed by atoms with E-state index in [-0.39, 0.29) is 0 Å². The van der Waals surface area contributed by atoms with Crippen LogP contribution >= 0.6 is 23.2 Å². The lowest BCUT2D eigenvalue weighted by atomic mass is 10.0. The Balaban J connectivity index is 2.39. The zero-order chi connectivity index (χ0) is 14.9. The number of halogens is 2. The van der Waals surface area contributed by atoms with E-state index in [4.69, 9.17) is 33.7 Å². The van der Waals surface area contributed by atoms with Crippen molar-refractivity contribution in [2.75, 3.05) is 5.73 Å². The molecule has 0 radical (unpaired) electrons. The van der Waals surface area contributed by atoms with Gasteiger partial charge in [0.1, 0.15) is 5.75 Å². The number of benzene rings is 2. The molecule has 0 aliphatic heterocycles. The molecule has 0 aromatic heterocycles. The molecule has 0 bridgehead atoms. The Hall–Kier alpha value is -1.38. The van der Waals surface area contributed by atoms with Crippen molar-refractivity contribution in [2.45, 2.75) is 26.7 Å². The first-order valence-electron chi connectivity index (χ1n) is 6.41. The third kappa shape index (κ3) is 3.20. The molecule has 0 aliphatic rings. The molecule has 4 heteroatoms. The van der Waals surface area contributed by atoms with Gasteiger partial charge >= 0.3 is 0 Å². The number of aryl methyl sites for hydroxylation is 1. The predicted octanol–water partition coefficient (Wildman–Crippen LogP) is 5.80. The molecular weight excluding hydrogens is 293 g/mol. The first-order chi connectivity index (χ1) is 9.38. The van der Waals surface area contributed by atoms with Crippen molar-refractivity contribution in [3.63, 3.8) is 0 Å². The van der Waals surface area contributed by atoms with E-state index in [1.165, 1.54) is 5.56 Å². The molecule has 0 atom stereocenters. The second-order valence-electron chi connectivity index (χ2n) is 5.09.